The maximum Gasteiger partial charge on any atom is 0.417 e. The Labute approximate surface area is 179 Å². The lowest BCUT2D eigenvalue weighted by atomic mass is 9.83. The fourth-order valence-electron chi connectivity index (χ4n) is 3.91. The van der Waals surface area contributed by atoms with Crippen molar-refractivity contribution in [3.8, 4) is 0 Å². The summed E-state index contributed by atoms with van der Waals surface area (Å²) in [5.41, 5.74) is 1.30. The van der Waals surface area contributed by atoms with Gasteiger partial charge in [0.25, 0.3) is 0 Å². The Morgan fingerprint density at radius 2 is 1.70 bits per heavy atom. The zero-order valence-corrected chi connectivity index (χ0v) is 18.3. The predicted octanol–water partition coefficient (Wildman–Crippen LogP) is 2.80. The summed E-state index contributed by atoms with van der Waals surface area (Å²) < 4.78 is 5.08. The van der Waals surface area contributed by atoms with Crippen LogP contribution in [0.5, 0.6) is 0 Å². The van der Waals surface area contributed by atoms with Gasteiger partial charge in [0.1, 0.15) is 0 Å². The molecule has 0 saturated carbocycles. The molecule has 8 heteroatoms. The smallest absolute Gasteiger partial charge is 0.390 e. The fraction of sp³-hybridized carbons (Fsp3) is 0.364. The summed E-state index contributed by atoms with van der Waals surface area (Å²) in [6, 6.07) is 18.0. The van der Waals surface area contributed by atoms with Crippen LogP contribution >= 0.6 is 9.39 Å². The lowest BCUT2D eigenvalue weighted by Gasteiger charge is -2.47. The monoisotopic (exact) mass is 429 g/mol. The van der Waals surface area contributed by atoms with Crippen LogP contribution in [-0.2, 0) is 4.74 Å². The van der Waals surface area contributed by atoms with Crippen molar-refractivity contribution in [1.82, 2.24) is 15.1 Å². The number of esters is 1. The second-order valence-electron chi connectivity index (χ2n) is 7.63. The van der Waals surface area contributed by atoms with Crippen LogP contribution in [-0.4, -0.2) is 58.4 Å². The maximum absolute atomic E-state index is 12.7. The number of aliphatic hydroxyl groups is 1. The number of hydrogen-bond acceptors (Lipinski definition) is 6. The lowest BCUT2D eigenvalue weighted by Crippen LogP contribution is -2.62. The molecule has 1 aliphatic heterocycles. The molecule has 1 aliphatic rings. The van der Waals surface area contributed by atoms with Crippen molar-refractivity contribution >= 4 is 21.5 Å². The second kappa shape index (κ2) is 10.1. The van der Waals surface area contributed by atoms with E-state index in [9.17, 15) is 14.7 Å². The Bertz CT molecular complexity index is 850. The summed E-state index contributed by atoms with van der Waals surface area (Å²) in [5, 5.41) is 16.1. The molecule has 2 aromatic rings. The standard InChI is InChI=1S/C22H28N3O4P/c1-15(2)25(23-30)20-18(16-9-5-3-6-10-16)13-24(14-19(20)26)22(28)29-21(27)17-11-7-4-8-12-17/h3-12,15,18-20,23,26H,13-14,30H2,1-2H3. The van der Waals surface area contributed by atoms with Gasteiger partial charge in [-0.25, -0.2) is 19.8 Å². The summed E-state index contributed by atoms with van der Waals surface area (Å²) in [6.45, 7) is 4.46. The third kappa shape index (κ3) is 5.05. The number of carbonyl (C=O) groups is 2. The number of ether oxygens (including phenoxy) is 1. The number of hydrazine groups is 1. The largest absolute Gasteiger partial charge is 0.417 e. The van der Waals surface area contributed by atoms with Gasteiger partial charge in [0.2, 0.25) is 0 Å². The SMILES string of the molecule is CC(C)N(NP)C1C(O)CN(C(=O)OC(=O)c2ccccc2)CC1c1ccccc1. The molecule has 0 radical (unpaired) electrons. The van der Waals surface area contributed by atoms with E-state index in [2.05, 4.69) is 14.6 Å². The molecular formula is C22H28N3O4P. The number of benzene rings is 2. The first-order valence-electron chi connectivity index (χ1n) is 9.96. The third-order valence-corrected chi connectivity index (χ3v) is 5.63. The Kier molecular flexibility index (Phi) is 7.56. The van der Waals surface area contributed by atoms with Crippen LogP contribution in [0.3, 0.4) is 0 Å². The molecule has 0 aromatic heterocycles. The molecule has 1 saturated heterocycles. The van der Waals surface area contributed by atoms with Crippen molar-refractivity contribution in [2.24, 2.45) is 0 Å². The zero-order chi connectivity index (χ0) is 21.7. The van der Waals surface area contributed by atoms with Gasteiger partial charge in [-0.05, 0) is 31.5 Å². The minimum absolute atomic E-state index is 0.0739. The van der Waals surface area contributed by atoms with Gasteiger partial charge < -0.3 is 14.7 Å². The maximum atomic E-state index is 12.7. The Morgan fingerprint density at radius 3 is 2.27 bits per heavy atom. The van der Waals surface area contributed by atoms with Gasteiger partial charge in [0.05, 0.1) is 24.3 Å². The second-order valence-corrected chi connectivity index (χ2v) is 7.89. The number of rotatable bonds is 5. The topological polar surface area (TPSA) is 82.1 Å². The first-order valence-corrected chi connectivity index (χ1v) is 10.5. The highest BCUT2D eigenvalue weighted by molar-refractivity contribution is 7.13. The summed E-state index contributed by atoms with van der Waals surface area (Å²) in [5.74, 6) is -0.881. The molecule has 0 spiro atoms. The van der Waals surface area contributed by atoms with Crippen LogP contribution < -0.4 is 5.20 Å². The minimum Gasteiger partial charge on any atom is -0.390 e. The molecular weight excluding hydrogens is 401 g/mol. The van der Waals surface area contributed by atoms with E-state index in [1.165, 1.54) is 4.90 Å². The average molecular weight is 429 g/mol. The highest BCUT2D eigenvalue weighted by atomic mass is 31.0. The quantitative estimate of drug-likeness (QED) is 0.329. The van der Waals surface area contributed by atoms with E-state index < -0.39 is 18.2 Å². The number of hydrogen-bond donors (Lipinski definition) is 2. The van der Waals surface area contributed by atoms with E-state index in [4.69, 9.17) is 4.74 Å². The Morgan fingerprint density at radius 1 is 1.10 bits per heavy atom. The van der Waals surface area contributed by atoms with Crippen LogP contribution in [0.25, 0.3) is 0 Å². The molecule has 160 valence electrons. The fourth-order valence-corrected chi connectivity index (χ4v) is 4.38. The molecule has 2 N–H and O–H groups in total. The molecule has 0 aliphatic carbocycles. The van der Waals surface area contributed by atoms with Crippen LogP contribution in [0.2, 0.25) is 0 Å². The van der Waals surface area contributed by atoms with Crippen molar-refractivity contribution < 1.29 is 19.4 Å². The van der Waals surface area contributed by atoms with Gasteiger partial charge in [0, 0.05) is 18.5 Å². The van der Waals surface area contributed by atoms with E-state index in [-0.39, 0.29) is 24.5 Å². The van der Waals surface area contributed by atoms with Crippen LogP contribution in [0, 0.1) is 0 Å². The molecule has 1 amide bonds. The van der Waals surface area contributed by atoms with Gasteiger partial charge >= 0.3 is 12.1 Å². The van der Waals surface area contributed by atoms with Crippen LogP contribution in [0.4, 0.5) is 4.79 Å². The minimum atomic E-state index is -0.834. The highest BCUT2D eigenvalue weighted by Crippen LogP contribution is 2.32. The molecule has 3 rings (SSSR count). The van der Waals surface area contributed by atoms with Gasteiger partial charge in [-0.15, -0.1) is 0 Å². The van der Waals surface area contributed by atoms with Crippen molar-refractivity contribution in [2.45, 2.75) is 38.0 Å². The number of β-amino-alcohol motifs (C(OH)–C–C–N with tert-alkyl or cyclic N) is 1. The summed E-state index contributed by atoms with van der Waals surface area (Å²) in [6.07, 6.45) is -1.59. The Balaban J connectivity index is 1.82. The molecule has 1 fully saturated rings. The van der Waals surface area contributed by atoms with Crippen LogP contribution in [0.1, 0.15) is 35.7 Å². The highest BCUT2D eigenvalue weighted by Gasteiger charge is 2.43. The van der Waals surface area contributed by atoms with Crippen molar-refractivity contribution in [1.29, 1.82) is 0 Å². The summed E-state index contributed by atoms with van der Waals surface area (Å²) in [7, 11) is 2.48. The van der Waals surface area contributed by atoms with E-state index in [1.54, 1.807) is 30.3 Å². The molecule has 7 nitrogen and oxygen atoms in total. The van der Waals surface area contributed by atoms with Gasteiger partial charge in [0.15, 0.2) is 0 Å². The first kappa shape index (κ1) is 22.4. The molecule has 2 aromatic carbocycles. The number of carbonyl (C=O) groups excluding carboxylic acids is 2. The first-order chi connectivity index (χ1) is 14.4. The summed E-state index contributed by atoms with van der Waals surface area (Å²) in [4.78, 5) is 26.4. The van der Waals surface area contributed by atoms with E-state index in [0.29, 0.717) is 12.1 Å². The number of amides is 1. The normalized spacial score (nSPS) is 21.7. The number of nitrogens with zero attached hydrogens (tertiary/aromatic N) is 2. The molecule has 4 atom stereocenters. The number of piperidine rings is 1. The molecule has 4 unspecified atom stereocenters. The number of aliphatic hydroxyl groups excluding tert-OH is 1. The number of nitrogens with one attached hydrogen (secondary N) is 1. The zero-order valence-electron chi connectivity index (χ0n) is 17.1. The number of likely N-dealkylation sites (tertiary alicyclic amines) is 1. The van der Waals surface area contributed by atoms with Crippen molar-refractivity contribution in [3.05, 3.63) is 71.8 Å². The predicted molar refractivity (Wildman–Crippen MR) is 118 cm³/mol. The van der Waals surface area contributed by atoms with Gasteiger partial charge in [-0.1, -0.05) is 57.9 Å². The lowest BCUT2D eigenvalue weighted by molar-refractivity contribution is -0.0420. The van der Waals surface area contributed by atoms with Gasteiger partial charge in [-0.3, -0.25) is 0 Å². The summed E-state index contributed by atoms with van der Waals surface area (Å²) >= 11 is 0. The molecule has 30 heavy (non-hydrogen) atoms. The molecule has 1 heterocycles. The van der Waals surface area contributed by atoms with Gasteiger partial charge in [-0.2, -0.15) is 0 Å². The Hall–Kier alpha value is -2.31. The van der Waals surface area contributed by atoms with Crippen LogP contribution in [0.15, 0.2) is 60.7 Å². The van der Waals surface area contributed by atoms with E-state index >= 15 is 0 Å². The third-order valence-electron chi connectivity index (χ3n) is 5.33. The van der Waals surface area contributed by atoms with Crippen molar-refractivity contribution in [2.75, 3.05) is 13.1 Å². The van der Waals surface area contributed by atoms with Crippen molar-refractivity contribution in [3.63, 3.8) is 0 Å². The van der Waals surface area contributed by atoms with E-state index in [0.717, 1.165) is 5.56 Å². The molecule has 0 bridgehead atoms. The van der Waals surface area contributed by atoms with E-state index in [1.807, 2.05) is 49.2 Å². The average Bonchev–Trinajstić information content (AvgIpc) is 2.76.